The maximum Gasteiger partial charge on any atom is 0.229 e. The molecule has 0 bridgehead atoms. The number of nitrogens with zero attached hydrogens (tertiary/aromatic N) is 3. The highest BCUT2D eigenvalue weighted by Gasteiger charge is 2.58. The molecule has 4 fully saturated rings. The van der Waals surface area contributed by atoms with Gasteiger partial charge in [-0.2, -0.15) is 0 Å². The van der Waals surface area contributed by atoms with E-state index in [2.05, 4.69) is 26.2 Å². The largest absolute Gasteiger partial charge is 0.381 e. The van der Waals surface area contributed by atoms with Gasteiger partial charge in [-0.05, 0) is 48.3 Å². The molecule has 3 atom stereocenters. The summed E-state index contributed by atoms with van der Waals surface area (Å²) in [6, 6.07) is 6.37. The highest BCUT2D eigenvalue weighted by Crippen LogP contribution is 2.59. The molecular weight excluding hydrogens is 468 g/mol. The maximum atomic E-state index is 12.9. The van der Waals surface area contributed by atoms with E-state index >= 15 is 0 Å². The summed E-state index contributed by atoms with van der Waals surface area (Å²) in [6.07, 6.45) is 4.85. The van der Waals surface area contributed by atoms with Gasteiger partial charge in [0.05, 0.1) is 36.1 Å². The first-order valence-corrected chi connectivity index (χ1v) is 13.0. The van der Waals surface area contributed by atoms with Crippen molar-refractivity contribution in [2.45, 2.75) is 31.4 Å². The number of ether oxygens (including phenoxy) is 3. The number of halogens is 1. The third-order valence-electron chi connectivity index (χ3n) is 8.46. The Morgan fingerprint density at radius 1 is 1.11 bits per heavy atom. The maximum absolute atomic E-state index is 12.9. The lowest BCUT2D eigenvalue weighted by molar-refractivity contribution is -0.118. The van der Waals surface area contributed by atoms with E-state index in [1.165, 1.54) is 0 Å². The molecule has 188 valence electrons. The Labute approximate surface area is 210 Å². The number of methoxy groups -OCH3 is 1. The average Bonchev–Trinajstić information content (AvgIpc) is 3.34. The van der Waals surface area contributed by atoms with Gasteiger partial charge in [0.25, 0.3) is 0 Å². The van der Waals surface area contributed by atoms with Crippen LogP contribution in [0.3, 0.4) is 0 Å². The van der Waals surface area contributed by atoms with Gasteiger partial charge in [-0.25, -0.2) is 4.98 Å². The first-order valence-electron chi connectivity index (χ1n) is 12.6. The highest BCUT2D eigenvalue weighted by atomic mass is 35.5. The summed E-state index contributed by atoms with van der Waals surface area (Å²) < 4.78 is 16.7. The van der Waals surface area contributed by atoms with E-state index in [1.54, 1.807) is 13.3 Å². The average molecular weight is 501 g/mol. The van der Waals surface area contributed by atoms with Crippen LogP contribution in [0.15, 0.2) is 24.4 Å². The molecular formula is C26H33ClN4O4. The summed E-state index contributed by atoms with van der Waals surface area (Å²) >= 11 is 6.70. The molecule has 3 aliphatic heterocycles. The van der Waals surface area contributed by atoms with Crippen LogP contribution >= 0.6 is 11.6 Å². The Morgan fingerprint density at radius 2 is 1.91 bits per heavy atom. The molecule has 8 nitrogen and oxygen atoms in total. The summed E-state index contributed by atoms with van der Waals surface area (Å²) in [4.78, 5) is 22.2. The molecule has 0 radical (unpaired) electrons. The number of aromatic nitrogens is 1. The molecule has 1 amide bonds. The van der Waals surface area contributed by atoms with E-state index in [0.717, 1.165) is 86.7 Å². The van der Waals surface area contributed by atoms with Crippen LogP contribution < -0.4 is 10.2 Å². The second-order valence-electron chi connectivity index (χ2n) is 10.3. The normalized spacial score (nSPS) is 28.5. The van der Waals surface area contributed by atoms with Crippen molar-refractivity contribution in [3.63, 3.8) is 0 Å². The number of nitrogens with one attached hydrogen (secondary N) is 1. The van der Waals surface area contributed by atoms with Crippen molar-refractivity contribution in [3.8, 4) is 0 Å². The lowest BCUT2D eigenvalue weighted by Gasteiger charge is -2.40. The van der Waals surface area contributed by atoms with E-state index < -0.39 is 0 Å². The van der Waals surface area contributed by atoms with Crippen LogP contribution in [0.25, 0.3) is 10.8 Å². The molecule has 4 heterocycles. The van der Waals surface area contributed by atoms with Gasteiger partial charge in [0.2, 0.25) is 5.91 Å². The van der Waals surface area contributed by atoms with Crippen LogP contribution in [-0.2, 0) is 19.0 Å². The first-order chi connectivity index (χ1) is 17.1. The van der Waals surface area contributed by atoms with Crippen LogP contribution in [0, 0.1) is 11.3 Å². The predicted molar refractivity (Wildman–Crippen MR) is 135 cm³/mol. The van der Waals surface area contributed by atoms with Crippen molar-refractivity contribution in [3.05, 3.63) is 29.4 Å². The second-order valence-corrected chi connectivity index (χ2v) is 10.8. The number of carbonyl (C=O) groups is 1. The number of rotatable bonds is 5. The molecule has 1 aliphatic carbocycles. The molecule has 1 spiro atoms. The van der Waals surface area contributed by atoms with Gasteiger partial charge in [-0.1, -0.05) is 11.6 Å². The zero-order valence-electron chi connectivity index (χ0n) is 20.2. The lowest BCUT2D eigenvalue weighted by Crippen LogP contribution is -2.54. The fraction of sp³-hybridized carbons (Fsp3) is 0.615. The van der Waals surface area contributed by atoms with Crippen LogP contribution in [0.2, 0.25) is 5.02 Å². The number of piperazine rings is 1. The summed E-state index contributed by atoms with van der Waals surface area (Å²) in [5.74, 6) is 0.750. The quantitative estimate of drug-likeness (QED) is 0.675. The van der Waals surface area contributed by atoms with E-state index in [4.69, 9.17) is 25.8 Å². The molecule has 1 saturated carbocycles. The highest BCUT2D eigenvalue weighted by molar-refractivity contribution is 6.34. The molecule has 6 rings (SSSR count). The fourth-order valence-electron chi connectivity index (χ4n) is 6.11. The Hall–Kier alpha value is -1.97. The lowest BCUT2D eigenvalue weighted by atomic mass is 9.93. The number of hydrogen-bond acceptors (Lipinski definition) is 7. The van der Waals surface area contributed by atoms with E-state index in [9.17, 15) is 4.79 Å². The van der Waals surface area contributed by atoms with E-state index in [0.29, 0.717) is 18.5 Å². The molecule has 4 aliphatic rings. The number of fused-ring (bicyclic) bond motifs is 1. The van der Waals surface area contributed by atoms with Crippen molar-refractivity contribution in [2.24, 2.45) is 11.3 Å². The van der Waals surface area contributed by atoms with Gasteiger partial charge in [0, 0.05) is 64.0 Å². The number of amides is 1. The van der Waals surface area contributed by atoms with Crippen LogP contribution in [-0.4, -0.2) is 87.7 Å². The standard InChI is InChI=1S/C26H33ClN4O4/c1-33-23-16-35-15-22(23)31-6-4-30(5-7-31)21-11-17-12-24(28-14-18(17)10-20(21)27)29-25(32)19-13-26(19)2-8-34-9-3-26/h10-12,14,19,22-23H,2-9,13,15-16H2,1H3,(H,28,29,32)/t19-,22-,23+/m1/s1. The SMILES string of the molecule is CO[C@H]1COC[C@H]1N1CCN(c2cc3cc(NC(=O)[C@H]4CC45CCOCC5)ncc3cc2Cl)CC1. The summed E-state index contributed by atoms with van der Waals surface area (Å²) in [5.41, 5.74) is 1.17. The number of benzene rings is 1. The predicted octanol–water partition coefficient (Wildman–Crippen LogP) is 3.18. The zero-order valence-corrected chi connectivity index (χ0v) is 20.9. The third-order valence-corrected chi connectivity index (χ3v) is 8.76. The van der Waals surface area contributed by atoms with Gasteiger partial charge in [0.1, 0.15) is 5.82 Å². The monoisotopic (exact) mass is 500 g/mol. The molecule has 9 heteroatoms. The number of anilines is 2. The summed E-state index contributed by atoms with van der Waals surface area (Å²) in [6.45, 7) is 6.57. The van der Waals surface area contributed by atoms with Gasteiger partial charge in [-0.3, -0.25) is 9.69 Å². The van der Waals surface area contributed by atoms with Crippen molar-refractivity contribution in [1.82, 2.24) is 9.88 Å². The molecule has 3 saturated heterocycles. The third kappa shape index (κ3) is 4.51. The minimum absolute atomic E-state index is 0.0731. The van der Waals surface area contributed by atoms with Crippen molar-refractivity contribution in [2.75, 3.05) is 69.9 Å². The Balaban J connectivity index is 1.14. The van der Waals surface area contributed by atoms with Crippen LogP contribution in [0.4, 0.5) is 11.5 Å². The number of hydrogen-bond donors (Lipinski definition) is 1. The minimum atomic E-state index is 0.0731. The summed E-state index contributed by atoms with van der Waals surface area (Å²) in [5, 5.41) is 5.78. The van der Waals surface area contributed by atoms with Crippen molar-refractivity contribution >= 4 is 39.8 Å². The Kier molecular flexibility index (Phi) is 6.35. The fourth-order valence-corrected chi connectivity index (χ4v) is 6.40. The Bertz CT molecular complexity index is 1100. The Morgan fingerprint density at radius 3 is 2.69 bits per heavy atom. The second kappa shape index (κ2) is 9.48. The van der Waals surface area contributed by atoms with Gasteiger partial charge >= 0.3 is 0 Å². The number of carbonyl (C=O) groups excluding carboxylic acids is 1. The summed E-state index contributed by atoms with van der Waals surface area (Å²) in [7, 11) is 1.76. The first kappa shape index (κ1) is 23.4. The van der Waals surface area contributed by atoms with Gasteiger partial charge in [-0.15, -0.1) is 0 Å². The van der Waals surface area contributed by atoms with Crippen molar-refractivity contribution < 1.29 is 19.0 Å². The van der Waals surface area contributed by atoms with E-state index in [-0.39, 0.29) is 23.3 Å². The van der Waals surface area contributed by atoms with Crippen LogP contribution in [0.1, 0.15) is 19.3 Å². The zero-order chi connectivity index (χ0) is 24.0. The minimum Gasteiger partial charge on any atom is -0.381 e. The topological polar surface area (TPSA) is 76.2 Å². The van der Waals surface area contributed by atoms with Crippen LogP contribution in [0.5, 0.6) is 0 Å². The molecule has 35 heavy (non-hydrogen) atoms. The molecule has 0 unspecified atom stereocenters. The van der Waals surface area contributed by atoms with Crippen molar-refractivity contribution in [1.29, 1.82) is 0 Å². The van der Waals surface area contributed by atoms with Gasteiger partial charge in [0.15, 0.2) is 0 Å². The molecule has 1 aromatic heterocycles. The molecule has 1 N–H and O–H groups in total. The van der Waals surface area contributed by atoms with Gasteiger partial charge < -0.3 is 24.4 Å². The smallest absolute Gasteiger partial charge is 0.229 e. The van der Waals surface area contributed by atoms with E-state index in [1.807, 2.05) is 12.1 Å². The molecule has 1 aromatic carbocycles. The molecule has 2 aromatic rings. The number of pyridine rings is 1.